The molecule has 0 spiro atoms. The van der Waals surface area contributed by atoms with Gasteiger partial charge in [-0.2, -0.15) is 0 Å². The van der Waals surface area contributed by atoms with E-state index in [2.05, 4.69) is 14.5 Å². The number of rotatable bonds is 2. The summed E-state index contributed by atoms with van der Waals surface area (Å²) in [5.74, 6) is -0.373. The molecule has 0 amide bonds. The largest absolute Gasteiger partial charge is 0.464 e. The molecule has 3 aromatic heterocycles. The molecule has 0 radical (unpaired) electrons. The predicted molar refractivity (Wildman–Crippen MR) is 76.6 cm³/mol. The van der Waals surface area contributed by atoms with Crippen LogP contribution in [0.15, 0.2) is 30.5 Å². The number of methoxy groups -OCH3 is 1. The molecule has 0 aromatic carbocycles. The number of ether oxygens (including phenoxy) is 1. The molecular weight excluding hydrogens is 254 g/mol. The van der Waals surface area contributed by atoms with E-state index in [1.165, 1.54) is 7.11 Å². The summed E-state index contributed by atoms with van der Waals surface area (Å²) >= 11 is 0. The van der Waals surface area contributed by atoms with Crippen LogP contribution >= 0.6 is 0 Å². The van der Waals surface area contributed by atoms with Crippen molar-refractivity contribution in [3.8, 4) is 11.3 Å². The molecule has 5 nitrogen and oxygen atoms in total. The first-order valence-corrected chi connectivity index (χ1v) is 6.31. The Balaban J connectivity index is 2.22. The minimum atomic E-state index is -0.373. The van der Waals surface area contributed by atoms with E-state index in [9.17, 15) is 4.79 Å². The van der Waals surface area contributed by atoms with E-state index < -0.39 is 0 Å². The highest BCUT2D eigenvalue weighted by molar-refractivity contribution is 5.95. The van der Waals surface area contributed by atoms with Crippen molar-refractivity contribution in [3.63, 3.8) is 0 Å². The lowest BCUT2D eigenvalue weighted by Gasteiger charge is -2.00. The molecule has 102 valence electrons. The minimum Gasteiger partial charge on any atom is -0.464 e. The van der Waals surface area contributed by atoms with Crippen molar-refractivity contribution >= 4 is 17.0 Å². The second-order valence-electron chi connectivity index (χ2n) is 4.67. The molecule has 1 N–H and O–H groups in total. The van der Waals surface area contributed by atoms with Gasteiger partial charge < -0.3 is 14.3 Å². The zero-order chi connectivity index (χ0) is 14.3. The fraction of sp³-hybridized carbons (Fsp3) is 0.200. The summed E-state index contributed by atoms with van der Waals surface area (Å²) in [5, 5.41) is 0. The second-order valence-corrected chi connectivity index (χ2v) is 4.67. The van der Waals surface area contributed by atoms with Crippen LogP contribution in [0.4, 0.5) is 0 Å². The first-order chi connectivity index (χ1) is 9.63. The van der Waals surface area contributed by atoms with Crippen molar-refractivity contribution in [1.82, 2.24) is 14.5 Å². The Morgan fingerprint density at radius 3 is 2.90 bits per heavy atom. The first-order valence-electron chi connectivity index (χ1n) is 6.31. The van der Waals surface area contributed by atoms with Gasteiger partial charge in [-0.1, -0.05) is 0 Å². The van der Waals surface area contributed by atoms with Crippen molar-refractivity contribution in [2.45, 2.75) is 6.92 Å². The van der Waals surface area contributed by atoms with Gasteiger partial charge in [-0.05, 0) is 31.2 Å². The number of nitrogens with zero attached hydrogens (tertiary/aromatic N) is 2. The number of aromatic nitrogens is 3. The smallest absolute Gasteiger partial charge is 0.354 e. The van der Waals surface area contributed by atoms with E-state index in [-0.39, 0.29) is 5.97 Å². The summed E-state index contributed by atoms with van der Waals surface area (Å²) in [6.07, 6.45) is 1.77. The van der Waals surface area contributed by atoms with Gasteiger partial charge in [0.15, 0.2) is 0 Å². The standard InChI is InChI=1S/C15H15N3O2/c1-9-13(10-6-7-11(17-10)15(19)20-3)14-12(18(9)2)5-4-8-16-14/h4-8,17H,1-3H3. The third-order valence-electron chi connectivity index (χ3n) is 3.61. The zero-order valence-electron chi connectivity index (χ0n) is 11.6. The summed E-state index contributed by atoms with van der Waals surface area (Å²) in [5.41, 5.74) is 5.40. The van der Waals surface area contributed by atoms with Gasteiger partial charge in [-0.15, -0.1) is 0 Å². The van der Waals surface area contributed by atoms with Crippen LogP contribution in [0.1, 0.15) is 16.2 Å². The molecule has 0 aliphatic rings. The van der Waals surface area contributed by atoms with Crippen molar-refractivity contribution in [2.24, 2.45) is 7.05 Å². The number of hydrogen-bond acceptors (Lipinski definition) is 3. The lowest BCUT2D eigenvalue weighted by atomic mass is 10.1. The van der Waals surface area contributed by atoms with Crippen LogP contribution in [-0.2, 0) is 11.8 Å². The highest BCUT2D eigenvalue weighted by Crippen LogP contribution is 2.31. The Hall–Kier alpha value is -2.56. The third-order valence-corrected chi connectivity index (χ3v) is 3.61. The van der Waals surface area contributed by atoms with Gasteiger partial charge in [-0.3, -0.25) is 4.98 Å². The normalized spacial score (nSPS) is 10.9. The van der Waals surface area contributed by atoms with Gasteiger partial charge in [-0.25, -0.2) is 4.79 Å². The Kier molecular flexibility index (Phi) is 2.82. The number of aryl methyl sites for hydroxylation is 1. The van der Waals surface area contributed by atoms with E-state index >= 15 is 0 Å². The summed E-state index contributed by atoms with van der Waals surface area (Å²) in [6, 6.07) is 7.55. The van der Waals surface area contributed by atoms with Crippen LogP contribution in [0.3, 0.4) is 0 Å². The average molecular weight is 269 g/mol. The molecule has 0 atom stereocenters. The fourth-order valence-corrected chi connectivity index (χ4v) is 2.47. The lowest BCUT2D eigenvalue weighted by Crippen LogP contribution is -2.01. The van der Waals surface area contributed by atoms with E-state index in [4.69, 9.17) is 4.74 Å². The van der Waals surface area contributed by atoms with E-state index in [0.29, 0.717) is 5.69 Å². The second kappa shape index (κ2) is 4.52. The molecular formula is C15H15N3O2. The Morgan fingerprint density at radius 1 is 1.35 bits per heavy atom. The number of esters is 1. The lowest BCUT2D eigenvalue weighted by molar-refractivity contribution is 0.0595. The summed E-state index contributed by atoms with van der Waals surface area (Å²) < 4.78 is 6.81. The van der Waals surface area contributed by atoms with E-state index in [1.807, 2.05) is 32.2 Å². The van der Waals surface area contributed by atoms with Crippen LogP contribution in [0.5, 0.6) is 0 Å². The number of carbonyl (C=O) groups is 1. The summed E-state index contributed by atoms with van der Waals surface area (Å²) in [6.45, 7) is 2.04. The van der Waals surface area contributed by atoms with Crippen LogP contribution in [0.2, 0.25) is 0 Å². The molecule has 0 saturated heterocycles. The van der Waals surface area contributed by atoms with Crippen LogP contribution in [0, 0.1) is 6.92 Å². The molecule has 0 aliphatic heterocycles. The molecule has 3 aromatic rings. The number of nitrogens with one attached hydrogen (secondary N) is 1. The molecule has 0 saturated carbocycles. The Morgan fingerprint density at radius 2 is 2.15 bits per heavy atom. The highest BCUT2D eigenvalue weighted by atomic mass is 16.5. The zero-order valence-corrected chi connectivity index (χ0v) is 11.6. The first kappa shape index (κ1) is 12.5. The predicted octanol–water partition coefficient (Wildman–Crippen LogP) is 2.66. The number of carbonyl (C=O) groups excluding carboxylic acids is 1. The third kappa shape index (κ3) is 1.71. The maximum Gasteiger partial charge on any atom is 0.354 e. The molecule has 0 bridgehead atoms. The van der Waals surface area contributed by atoms with Gasteiger partial charge in [0.1, 0.15) is 5.69 Å². The van der Waals surface area contributed by atoms with Crippen molar-refractivity contribution in [3.05, 3.63) is 41.9 Å². The number of fused-ring (bicyclic) bond motifs is 1. The number of aromatic amines is 1. The molecule has 0 aliphatic carbocycles. The Bertz CT molecular complexity index is 799. The van der Waals surface area contributed by atoms with E-state index in [1.54, 1.807) is 12.3 Å². The van der Waals surface area contributed by atoms with Crippen molar-refractivity contribution in [1.29, 1.82) is 0 Å². The van der Waals surface area contributed by atoms with Gasteiger partial charge in [0, 0.05) is 24.5 Å². The van der Waals surface area contributed by atoms with Gasteiger partial charge in [0.2, 0.25) is 0 Å². The number of hydrogen-bond donors (Lipinski definition) is 1. The maximum atomic E-state index is 11.5. The topological polar surface area (TPSA) is 59.9 Å². The molecule has 0 unspecified atom stereocenters. The van der Waals surface area contributed by atoms with Gasteiger partial charge in [0.05, 0.1) is 23.8 Å². The van der Waals surface area contributed by atoms with Crippen LogP contribution in [0.25, 0.3) is 22.3 Å². The van der Waals surface area contributed by atoms with E-state index in [0.717, 1.165) is 28.0 Å². The minimum absolute atomic E-state index is 0.373. The molecule has 0 fully saturated rings. The summed E-state index contributed by atoms with van der Waals surface area (Å²) in [4.78, 5) is 19.1. The van der Waals surface area contributed by atoms with Crippen LogP contribution < -0.4 is 0 Å². The monoisotopic (exact) mass is 269 g/mol. The highest BCUT2D eigenvalue weighted by Gasteiger charge is 2.17. The van der Waals surface area contributed by atoms with Crippen molar-refractivity contribution < 1.29 is 9.53 Å². The summed E-state index contributed by atoms with van der Waals surface area (Å²) in [7, 11) is 3.38. The van der Waals surface area contributed by atoms with Crippen LogP contribution in [-0.4, -0.2) is 27.6 Å². The fourth-order valence-electron chi connectivity index (χ4n) is 2.47. The van der Waals surface area contributed by atoms with Crippen molar-refractivity contribution in [2.75, 3.05) is 7.11 Å². The Labute approximate surface area is 116 Å². The SMILES string of the molecule is COC(=O)c1ccc(-c2c(C)n(C)c3cccnc23)[nH]1. The molecule has 5 heteroatoms. The maximum absolute atomic E-state index is 11.5. The van der Waals surface area contributed by atoms with Gasteiger partial charge >= 0.3 is 5.97 Å². The molecule has 3 heterocycles. The van der Waals surface area contributed by atoms with Gasteiger partial charge in [0.25, 0.3) is 0 Å². The quantitative estimate of drug-likeness (QED) is 0.728. The average Bonchev–Trinajstić information content (AvgIpc) is 3.04. The molecule has 3 rings (SSSR count). The molecule has 20 heavy (non-hydrogen) atoms. The number of H-pyrrole nitrogens is 1. The number of pyridine rings is 1.